The van der Waals surface area contributed by atoms with Gasteiger partial charge in [-0.3, -0.25) is 9.59 Å². The molecule has 0 aromatic heterocycles. The number of aliphatic hydroxyl groups is 1. The Balaban J connectivity index is 1.43. The minimum Gasteiger partial charge on any atom is -0.396 e. The Bertz CT molecular complexity index is 728. The van der Waals surface area contributed by atoms with Crippen LogP contribution in [0.15, 0.2) is 12.2 Å². The zero-order valence-electron chi connectivity index (χ0n) is 18.0. The third-order valence-corrected chi connectivity index (χ3v) is 10.1. The summed E-state index contributed by atoms with van der Waals surface area (Å²) in [6.07, 6.45) is 11.6. The van der Waals surface area contributed by atoms with E-state index < -0.39 is 0 Å². The van der Waals surface area contributed by atoms with Gasteiger partial charge in [-0.2, -0.15) is 0 Å². The number of fused-ring (bicyclic) bond motifs is 5. The summed E-state index contributed by atoms with van der Waals surface area (Å²) in [7, 11) is 0. The van der Waals surface area contributed by atoms with Crippen molar-refractivity contribution in [3.8, 4) is 0 Å². The highest BCUT2D eigenvalue weighted by Crippen LogP contribution is 2.66. The van der Waals surface area contributed by atoms with Crippen molar-refractivity contribution in [2.24, 2.45) is 52.3 Å². The molecule has 1 saturated heterocycles. The van der Waals surface area contributed by atoms with Crippen LogP contribution in [0.3, 0.4) is 0 Å². The van der Waals surface area contributed by atoms with Crippen molar-refractivity contribution in [2.45, 2.75) is 58.8 Å². The fraction of sp³-hybridized carbons (Fsp3) is 0.840. The quantitative estimate of drug-likeness (QED) is 0.714. The molecule has 5 rings (SSSR count). The van der Waals surface area contributed by atoms with E-state index in [4.69, 9.17) is 0 Å². The molecule has 0 radical (unpaired) electrons. The number of carbonyl (C=O) groups excluding carboxylic acids is 2. The molecular weight excluding hydrogens is 362 g/mol. The smallest absolute Gasteiger partial charge is 0.142 e. The SMILES string of the molecule is C[C@]12CCC(C=CC3CNC3)CC1C(CO)C(=O)[C@@H]1[C@H]2CC[C@]2(C)C(=O)CC[C@@H]12. The van der Waals surface area contributed by atoms with Crippen molar-refractivity contribution in [1.82, 2.24) is 5.32 Å². The Hall–Kier alpha value is -1.00. The van der Waals surface area contributed by atoms with Crippen molar-refractivity contribution in [2.75, 3.05) is 19.7 Å². The number of Topliss-reactive ketones (excluding diaryl/α,β-unsaturated/α-hetero) is 2. The lowest BCUT2D eigenvalue weighted by Gasteiger charge is -2.61. The first-order chi connectivity index (χ1) is 13.9. The predicted octanol–water partition coefficient (Wildman–Crippen LogP) is 3.39. The number of carbonyl (C=O) groups is 2. The highest BCUT2D eigenvalue weighted by Gasteiger charge is 2.64. The number of allylic oxidation sites excluding steroid dienone is 1. The molecule has 0 amide bonds. The van der Waals surface area contributed by atoms with Crippen LogP contribution in [0.5, 0.6) is 0 Å². The minimum atomic E-state index is -0.295. The fourth-order valence-electron chi connectivity index (χ4n) is 8.13. The van der Waals surface area contributed by atoms with Crippen LogP contribution in [0, 0.1) is 52.3 Å². The van der Waals surface area contributed by atoms with Crippen LogP contribution in [0.25, 0.3) is 0 Å². The molecule has 4 aliphatic carbocycles. The second-order valence-electron chi connectivity index (χ2n) is 11.3. The van der Waals surface area contributed by atoms with Gasteiger partial charge in [-0.15, -0.1) is 0 Å². The van der Waals surface area contributed by atoms with Crippen LogP contribution in [0.4, 0.5) is 0 Å². The van der Waals surface area contributed by atoms with Crippen LogP contribution in [-0.2, 0) is 9.59 Å². The van der Waals surface area contributed by atoms with E-state index in [1.54, 1.807) is 0 Å². The van der Waals surface area contributed by atoms with E-state index >= 15 is 0 Å². The first kappa shape index (κ1) is 19.9. The van der Waals surface area contributed by atoms with Crippen molar-refractivity contribution >= 4 is 11.6 Å². The number of nitrogens with one attached hydrogen (secondary N) is 1. The van der Waals surface area contributed by atoms with Gasteiger partial charge in [0.05, 0.1) is 6.61 Å². The Kier molecular flexibility index (Phi) is 4.82. The van der Waals surface area contributed by atoms with Gasteiger partial charge >= 0.3 is 0 Å². The van der Waals surface area contributed by atoms with Crippen molar-refractivity contribution in [3.05, 3.63) is 12.2 Å². The maximum absolute atomic E-state index is 13.7. The molecule has 0 spiro atoms. The molecule has 2 N–H and O–H groups in total. The summed E-state index contributed by atoms with van der Waals surface area (Å²) in [4.78, 5) is 26.4. The summed E-state index contributed by atoms with van der Waals surface area (Å²) in [6, 6.07) is 0. The van der Waals surface area contributed by atoms with Gasteiger partial charge in [-0.05, 0) is 67.6 Å². The number of rotatable bonds is 3. The van der Waals surface area contributed by atoms with Crippen LogP contribution >= 0.6 is 0 Å². The first-order valence-electron chi connectivity index (χ1n) is 12.0. The molecule has 1 heterocycles. The zero-order chi connectivity index (χ0) is 20.4. The van der Waals surface area contributed by atoms with E-state index in [-0.39, 0.29) is 41.1 Å². The maximum Gasteiger partial charge on any atom is 0.142 e. The number of aliphatic hydroxyl groups excluding tert-OH is 1. The average Bonchev–Trinajstić information content (AvgIpc) is 2.97. The molecule has 0 bridgehead atoms. The molecule has 1 aliphatic heterocycles. The molecule has 4 nitrogen and oxygen atoms in total. The van der Waals surface area contributed by atoms with Gasteiger partial charge in [-0.25, -0.2) is 0 Å². The lowest BCUT2D eigenvalue weighted by atomic mass is 9.42. The highest BCUT2D eigenvalue weighted by atomic mass is 16.3. The van der Waals surface area contributed by atoms with Gasteiger partial charge in [-0.1, -0.05) is 26.0 Å². The standard InChI is InChI=1S/C25H37NO3/c1-24-9-7-15(3-4-16-12-26-13-16)11-20(24)17(14-27)23(29)22-18-5-6-21(28)25(18,2)10-8-19(22)24/h3-4,15-20,22,26-27H,5-14H2,1-2H3/t15?,17?,18-,19+,20?,22-,24+,25-/m0/s1. The molecule has 4 heteroatoms. The lowest BCUT2D eigenvalue weighted by Crippen LogP contribution is -2.61. The molecule has 5 fully saturated rings. The number of ketones is 2. The van der Waals surface area contributed by atoms with Crippen molar-refractivity contribution in [3.63, 3.8) is 0 Å². The van der Waals surface area contributed by atoms with Gasteiger partial charge in [0.1, 0.15) is 11.6 Å². The Morgan fingerprint density at radius 3 is 2.45 bits per heavy atom. The third kappa shape index (κ3) is 2.85. The molecule has 29 heavy (non-hydrogen) atoms. The van der Waals surface area contributed by atoms with E-state index in [0.717, 1.165) is 45.2 Å². The molecule has 160 valence electrons. The fourth-order valence-corrected chi connectivity index (χ4v) is 8.13. The molecule has 3 unspecified atom stereocenters. The molecule has 0 aromatic rings. The van der Waals surface area contributed by atoms with Gasteiger partial charge in [0.25, 0.3) is 0 Å². The average molecular weight is 400 g/mol. The van der Waals surface area contributed by atoms with Gasteiger partial charge in [0.2, 0.25) is 0 Å². The van der Waals surface area contributed by atoms with Crippen LogP contribution in [0.2, 0.25) is 0 Å². The monoisotopic (exact) mass is 399 g/mol. The van der Waals surface area contributed by atoms with Gasteiger partial charge in [0.15, 0.2) is 0 Å². The van der Waals surface area contributed by atoms with Gasteiger partial charge in [0, 0.05) is 42.7 Å². The van der Waals surface area contributed by atoms with E-state index in [9.17, 15) is 14.7 Å². The largest absolute Gasteiger partial charge is 0.396 e. The lowest BCUT2D eigenvalue weighted by molar-refractivity contribution is -0.171. The van der Waals surface area contributed by atoms with Crippen LogP contribution in [0.1, 0.15) is 58.8 Å². The molecule has 5 aliphatic rings. The topological polar surface area (TPSA) is 66.4 Å². The second-order valence-corrected chi connectivity index (χ2v) is 11.3. The third-order valence-electron chi connectivity index (χ3n) is 10.1. The minimum absolute atomic E-state index is 0.00765. The summed E-state index contributed by atoms with van der Waals surface area (Å²) in [6.45, 7) is 6.69. The second kappa shape index (κ2) is 7.02. The highest BCUT2D eigenvalue weighted by molar-refractivity contribution is 5.91. The Labute approximate surface area is 174 Å². The molecule has 4 saturated carbocycles. The predicted molar refractivity (Wildman–Crippen MR) is 112 cm³/mol. The van der Waals surface area contributed by atoms with Crippen LogP contribution in [-0.4, -0.2) is 36.4 Å². The number of hydrogen-bond donors (Lipinski definition) is 2. The van der Waals surface area contributed by atoms with Crippen molar-refractivity contribution in [1.29, 1.82) is 0 Å². The van der Waals surface area contributed by atoms with E-state index in [0.29, 0.717) is 35.7 Å². The van der Waals surface area contributed by atoms with Crippen LogP contribution < -0.4 is 5.32 Å². The zero-order valence-corrected chi connectivity index (χ0v) is 18.0. The molecular formula is C25H37NO3. The van der Waals surface area contributed by atoms with E-state index in [1.807, 2.05) is 0 Å². The van der Waals surface area contributed by atoms with Crippen molar-refractivity contribution < 1.29 is 14.7 Å². The number of hydrogen-bond acceptors (Lipinski definition) is 4. The Morgan fingerprint density at radius 2 is 1.76 bits per heavy atom. The summed E-state index contributed by atoms with van der Waals surface area (Å²) < 4.78 is 0. The van der Waals surface area contributed by atoms with E-state index in [1.165, 1.54) is 6.42 Å². The summed E-state index contributed by atoms with van der Waals surface area (Å²) in [5, 5.41) is 13.6. The normalized spacial score (nSPS) is 50.2. The first-order valence-corrected chi connectivity index (χ1v) is 12.0. The summed E-state index contributed by atoms with van der Waals surface area (Å²) >= 11 is 0. The van der Waals surface area contributed by atoms with Gasteiger partial charge < -0.3 is 10.4 Å². The molecule has 8 atom stereocenters. The van der Waals surface area contributed by atoms with E-state index in [2.05, 4.69) is 31.3 Å². The maximum atomic E-state index is 13.7. The molecule has 0 aromatic carbocycles. The summed E-state index contributed by atoms with van der Waals surface area (Å²) in [5.41, 5.74) is -0.169. The Morgan fingerprint density at radius 1 is 1.00 bits per heavy atom. The summed E-state index contributed by atoms with van der Waals surface area (Å²) in [5.74, 6) is 2.51.